The molecule has 1 unspecified atom stereocenters. The van der Waals surface area contributed by atoms with Crippen LogP contribution in [0.5, 0.6) is 0 Å². The van der Waals surface area contributed by atoms with E-state index in [9.17, 15) is 17.6 Å². The molecule has 0 aliphatic rings. The van der Waals surface area contributed by atoms with Crippen molar-refractivity contribution in [2.75, 3.05) is 0 Å². The lowest BCUT2D eigenvalue weighted by atomic mass is 10.1. The molecular formula is C8H5F4N. The van der Waals surface area contributed by atoms with Gasteiger partial charge in [0.2, 0.25) is 0 Å². The fraction of sp³-hybridized carbons (Fsp3) is 0.250. The smallest absolute Gasteiger partial charge is 0.208 e. The van der Waals surface area contributed by atoms with Crippen LogP contribution in [0.25, 0.3) is 0 Å². The Balaban J connectivity index is 3.08. The minimum absolute atomic E-state index is 0.817. The second kappa shape index (κ2) is 2.99. The van der Waals surface area contributed by atoms with Gasteiger partial charge in [-0.1, -0.05) is 36.1 Å². The molecule has 1 aromatic carbocycles. The molecule has 0 aliphatic heterocycles. The lowest BCUT2D eigenvalue weighted by molar-refractivity contribution is -0.237. The van der Waals surface area contributed by atoms with E-state index < -0.39 is 17.5 Å². The topological polar surface area (TPSA) is 22.3 Å². The highest BCUT2D eigenvalue weighted by molar-refractivity contribution is 5.22. The summed E-state index contributed by atoms with van der Waals surface area (Å²) in [7, 11) is 0. The van der Waals surface area contributed by atoms with E-state index >= 15 is 0 Å². The van der Waals surface area contributed by atoms with Gasteiger partial charge >= 0.3 is 12.0 Å². The normalized spacial score (nSPS) is 16.7. The first-order valence-electron chi connectivity index (χ1n) is 3.39. The molecule has 0 saturated carbocycles. The minimum Gasteiger partial charge on any atom is -0.208 e. The number of alkyl halides is 4. The summed E-state index contributed by atoms with van der Waals surface area (Å²) in [5, 5.41) is 0. The van der Waals surface area contributed by atoms with Crippen LogP contribution in [0.4, 0.5) is 17.6 Å². The van der Waals surface area contributed by atoms with Gasteiger partial charge in [0.1, 0.15) is 0 Å². The van der Waals surface area contributed by atoms with Crippen molar-refractivity contribution in [3.63, 3.8) is 0 Å². The maximum Gasteiger partial charge on any atom is 0.443 e. The van der Waals surface area contributed by atoms with Gasteiger partial charge in [-0.2, -0.15) is 13.2 Å². The number of benzene rings is 1. The first kappa shape index (κ1) is 9.98. The minimum atomic E-state index is -5.31. The Morgan fingerprint density at radius 1 is 0.923 bits per heavy atom. The van der Waals surface area contributed by atoms with Crippen LogP contribution in [0.15, 0.2) is 30.3 Å². The highest BCUT2D eigenvalue weighted by atomic mass is 19.4. The summed E-state index contributed by atoms with van der Waals surface area (Å²) >= 11 is 0. The van der Waals surface area contributed by atoms with Gasteiger partial charge < -0.3 is 0 Å². The fourth-order valence-electron chi connectivity index (χ4n) is 0.823. The molecule has 13 heavy (non-hydrogen) atoms. The van der Waals surface area contributed by atoms with E-state index in [1.165, 1.54) is 18.2 Å². The third-order valence-corrected chi connectivity index (χ3v) is 1.53. The molecule has 70 valence electrons. The second-order valence-corrected chi connectivity index (χ2v) is 2.49. The largest absolute Gasteiger partial charge is 0.443 e. The van der Waals surface area contributed by atoms with Crippen LogP contribution in [-0.4, -0.2) is 6.18 Å². The molecule has 0 bridgehead atoms. The monoisotopic (exact) mass is 191 g/mol. The summed E-state index contributed by atoms with van der Waals surface area (Å²) in [4.78, 5) is 0. The summed E-state index contributed by atoms with van der Waals surface area (Å²) in [5.41, 5.74) is 7.71. The van der Waals surface area contributed by atoms with Gasteiger partial charge in [0.25, 0.3) is 0 Å². The Kier molecular flexibility index (Phi) is 2.30. The molecule has 5 heteroatoms. The molecular weight excluding hydrogens is 186 g/mol. The highest BCUT2D eigenvalue weighted by Gasteiger charge is 2.56. The number of hydrogen-bond donors (Lipinski definition) is 0. The lowest BCUT2D eigenvalue weighted by Crippen LogP contribution is -2.39. The standard InChI is InChI=1S/C8H5F4N/c9-7(13,8(10,11)12)6-4-2-1-3-5-6/h1-5H. The number of halogens is 4. The van der Waals surface area contributed by atoms with E-state index in [-0.39, 0.29) is 0 Å². The van der Waals surface area contributed by atoms with Crippen molar-refractivity contribution >= 4 is 0 Å². The van der Waals surface area contributed by atoms with Crippen molar-refractivity contribution < 1.29 is 17.6 Å². The Morgan fingerprint density at radius 2 is 1.38 bits per heavy atom. The van der Waals surface area contributed by atoms with Crippen molar-refractivity contribution in [2.24, 2.45) is 0 Å². The molecule has 0 saturated heterocycles. The van der Waals surface area contributed by atoms with Crippen LogP contribution < -0.4 is 5.73 Å². The van der Waals surface area contributed by atoms with Crippen LogP contribution in [0.3, 0.4) is 0 Å². The van der Waals surface area contributed by atoms with Crippen LogP contribution in [0, 0.1) is 0 Å². The van der Waals surface area contributed by atoms with Gasteiger partial charge in [-0.25, -0.2) is 4.39 Å². The summed E-state index contributed by atoms with van der Waals surface area (Å²) < 4.78 is 48.4. The van der Waals surface area contributed by atoms with E-state index in [1.54, 1.807) is 0 Å². The molecule has 0 N–H and O–H groups in total. The maximum atomic E-state index is 12.8. The summed E-state index contributed by atoms with van der Waals surface area (Å²) in [6.45, 7) is 0. The molecule has 0 amide bonds. The molecule has 1 aromatic rings. The third-order valence-electron chi connectivity index (χ3n) is 1.53. The number of hydrogen-bond acceptors (Lipinski definition) is 0. The third kappa shape index (κ3) is 1.80. The van der Waals surface area contributed by atoms with Crippen molar-refractivity contribution in [3.8, 4) is 0 Å². The molecule has 0 aromatic heterocycles. The van der Waals surface area contributed by atoms with Crippen LogP contribution in [0.2, 0.25) is 0 Å². The molecule has 0 spiro atoms. The average Bonchev–Trinajstić information content (AvgIpc) is 2.04. The fourth-order valence-corrected chi connectivity index (χ4v) is 0.823. The van der Waals surface area contributed by atoms with E-state index in [1.807, 2.05) is 0 Å². The van der Waals surface area contributed by atoms with Gasteiger partial charge in [-0.05, 0) is 0 Å². The van der Waals surface area contributed by atoms with Gasteiger partial charge in [0, 0.05) is 5.56 Å². The number of nitrogens with zero attached hydrogens (tertiary/aromatic N) is 1. The lowest BCUT2D eigenvalue weighted by Gasteiger charge is -2.20. The van der Waals surface area contributed by atoms with Crippen LogP contribution >= 0.6 is 0 Å². The molecule has 0 aliphatic carbocycles. The van der Waals surface area contributed by atoms with Gasteiger partial charge in [0.15, 0.2) is 0 Å². The van der Waals surface area contributed by atoms with E-state index in [0.717, 1.165) is 12.1 Å². The SMILES string of the molecule is [N]C(F)(c1ccccc1)C(F)(F)F. The van der Waals surface area contributed by atoms with Gasteiger partial charge in [-0.3, -0.25) is 0 Å². The molecule has 0 heterocycles. The highest BCUT2D eigenvalue weighted by Crippen LogP contribution is 2.38. The first-order chi connectivity index (χ1) is 5.86. The van der Waals surface area contributed by atoms with Crippen LogP contribution in [0.1, 0.15) is 5.56 Å². The number of rotatable bonds is 1. The van der Waals surface area contributed by atoms with E-state index in [2.05, 4.69) is 0 Å². The van der Waals surface area contributed by atoms with Crippen molar-refractivity contribution in [1.82, 2.24) is 5.73 Å². The van der Waals surface area contributed by atoms with E-state index in [4.69, 9.17) is 5.73 Å². The first-order valence-corrected chi connectivity index (χ1v) is 3.39. The average molecular weight is 191 g/mol. The Hall–Kier alpha value is -1.10. The molecule has 0 fully saturated rings. The van der Waals surface area contributed by atoms with Gasteiger partial charge in [-0.15, -0.1) is 0 Å². The zero-order valence-electron chi connectivity index (χ0n) is 6.35. The quantitative estimate of drug-likeness (QED) is 0.480. The second-order valence-electron chi connectivity index (χ2n) is 2.49. The molecule has 2 radical (unpaired) electrons. The van der Waals surface area contributed by atoms with Crippen molar-refractivity contribution in [2.45, 2.75) is 12.0 Å². The predicted molar refractivity (Wildman–Crippen MR) is 37.4 cm³/mol. The van der Waals surface area contributed by atoms with Crippen molar-refractivity contribution in [3.05, 3.63) is 35.9 Å². The molecule has 1 nitrogen and oxygen atoms in total. The summed E-state index contributed by atoms with van der Waals surface area (Å²) in [6.07, 6.45) is -5.31. The Bertz CT molecular complexity index is 278. The molecule has 1 rings (SSSR count). The zero-order valence-corrected chi connectivity index (χ0v) is 6.35. The predicted octanol–water partition coefficient (Wildman–Crippen LogP) is 2.44. The van der Waals surface area contributed by atoms with Crippen molar-refractivity contribution in [1.29, 1.82) is 0 Å². The summed E-state index contributed by atoms with van der Waals surface area (Å²) in [5.74, 6) is -4.27. The molecule has 1 atom stereocenters. The Labute approximate surface area is 72.2 Å². The van der Waals surface area contributed by atoms with E-state index in [0.29, 0.717) is 0 Å². The zero-order chi connectivity index (χ0) is 10.1. The maximum absolute atomic E-state index is 12.8. The Morgan fingerprint density at radius 3 is 1.77 bits per heavy atom. The summed E-state index contributed by atoms with van der Waals surface area (Å²) in [6, 6.07) is 5.59. The van der Waals surface area contributed by atoms with Crippen LogP contribution in [-0.2, 0) is 5.79 Å². The van der Waals surface area contributed by atoms with Gasteiger partial charge in [0.05, 0.1) is 0 Å².